The van der Waals surface area contributed by atoms with Crippen LogP contribution >= 0.6 is 0 Å². The highest BCUT2D eigenvalue weighted by Crippen LogP contribution is 2.47. The second kappa shape index (κ2) is 5.93. The zero-order chi connectivity index (χ0) is 16.5. The summed E-state index contributed by atoms with van der Waals surface area (Å²) < 4.78 is 5.74. The molecule has 2 rings (SSSR count). The van der Waals surface area contributed by atoms with Crippen molar-refractivity contribution < 1.29 is 9.66 Å². The van der Waals surface area contributed by atoms with Gasteiger partial charge < -0.3 is 9.64 Å². The summed E-state index contributed by atoms with van der Waals surface area (Å²) in [7, 11) is 1.93. The van der Waals surface area contributed by atoms with Gasteiger partial charge in [-0.3, -0.25) is 10.1 Å². The largest absolute Gasteiger partial charge is 0.378 e. The van der Waals surface area contributed by atoms with Crippen LogP contribution in [0.5, 0.6) is 0 Å². The van der Waals surface area contributed by atoms with Crippen LogP contribution in [0.4, 0.5) is 11.4 Å². The summed E-state index contributed by atoms with van der Waals surface area (Å²) in [5.74, 6) is 0. The first-order valence-electron chi connectivity index (χ1n) is 7.35. The van der Waals surface area contributed by atoms with Gasteiger partial charge >= 0.3 is 0 Å². The lowest BCUT2D eigenvalue weighted by molar-refractivity contribution is -0.384. The molecular weight excluding hydrogens is 282 g/mol. The van der Waals surface area contributed by atoms with Gasteiger partial charge in [0.1, 0.15) is 6.07 Å². The Morgan fingerprint density at radius 3 is 2.73 bits per heavy atom. The molecule has 1 saturated carbocycles. The van der Waals surface area contributed by atoms with Crippen LogP contribution in [0.15, 0.2) is 18.2 Å². The van der Waals surface area contributed by atoms with Crippen LogP contribution in [0.2, 0.25) is 0 Å². The summed E-state index contributed by atoms with van der Waals surface area (Å²) >= 11 is 0. The van der Waals surface area contributed by atoms with Gasteiger partial charge in [-0.15, -0.1) is 0 Å². The smallest absolute Gasteiger partial charge is 0.270 e. The molecule has 0 saturated heterocycles. The number of nitriles is 1. The quantitative estimate of drug-likeness (QED) is 0.617. The van der Waals surface area contributed by atoms with Gasteiger partial charge in [-0.05, 0) is 19.4 Å². The molecule has 1 aromatic rings. The van der Waals surface area contributed by atoms with Crippen LogP contribution in [0.3, 0.4) is 0 Å². The van der Waals surface area contributed by atoms with E-state index in [1.165, 1.54) is 12.1 Å². The Morgan fingerprint density at radius 1 is 1.55 bits per heavy atom. The molecule has 6 nitrogen and oxygen atoms in total. The summed E-state index contributed by atoms with van der Waals surface area (Å²) in [5, 5.41) is 20.1. The van der Waals surface area contributed by atoms with Crippen LogP contribution in [-0.4, -0.2) is 30.7 Å². The lowest BCUT2D eigenvalue weighted by atomic mass is 9.63. The Bertz CT molecular complexity index is 622. The van der Waals surface area contributed by atoms with Gasteiger partial charge in [0.05, 0.1) is 22.3 Å². The fourth-order valence-electron chi connectivity index (χ4n) is 3.21. The molecule has 6 heteroatoms. The monoisotopic (exact) mass is 303 g/mol. The lowest BCUT2D eigenvalue weighted by Crippen LogP contribution is -2.61. The van der Waals surface area contributed by atoms with Crippen LogP contribution in [0.25, 0.3) is 0 Å². The third-order valence-corrected chi connectivity index (χ3v) is 4.65. The maximum Gasteiger partial charge on any atom is 0.270 e. The average Bonchev–Trinajstić information content (AvgIpc) is 2.49. The Hall–Kier alpha value is -2.13. The summed E-state index contributed by atoms with van der Waals surface area (Å²) in [4.78, 5) is 12.4. The van der Waals surface area contributed by atoms with Gasteiger partial charge in [0, 0.05) is 37.2 Å². The van der Waals surface area contributed by atoms with Gasteiger partial charge in [0.2, 0.25) is 0 Å². The topological polar surface area (TPSA) is 79.4 Å². The number of nitro groups is 1. The molecule has 22 heavy (non-hydrogen) atoms. The number of ether oxygens (including phenoxy) is 1. The standard InChI is InChI=1S/C16H21N3O3/c1-5-22-15-9-14(16(15,2)3)18(4)13-7-6-12(19(20)21)8-11(13)10-17/h6-8,14-15H,5,9H2,1-4H3. The minimum atomic E-state index is -0.483. The minimum absolute atomic E-state index is 0.0285. The van der Waals surface area contributed by atoms with Crippen LogP contribution < -0.4 is 4.90 Å². The molecule has 0 radical (unpaired) electrons. The van der Waals surface area contributed by atoms with E-state index in [4.69, 9.17) is 4.74 Å². The summed E-state index contributed by atoms with van der Waals surface area (Å²) in [6, 6.07) is 6.72. The molecule has 1 aliphatic carbocycles. The molecule has 0 heterocycles. The lowest BCUT2D eigenvalue weighted by Gasteiger charge is -2.55. The fraction of sp³-hybridized carbons (Fsp3) is 0.562. The number of hydrogen-bond donors (Lipinski definition) is 0. The Kier molecular flexibility index (Phi) is 4.38. The molecule has 118 valence electrons. The van der Waals surface area contributed by atoms with Crippen molar-refractivity contribution in [2.45, 2.75) is 39.3 Å². The molecule has 1 fully saturated rings. The van der Waals surface area contributed by atoms with E-state index in [9.17, 15) is 15.4 Å². The summed E-state index contributed by atoms with van der Waals surface area (Å²) in [6.07, 6.45) is 1.09. The molecule has 0 aliphatic heterocycles. The van der Waals surface area contributed by atoms with Crippen molar-refractivity contribution in [3.8, 4) is 6.07 Å². The summed E-state index contributed by atoms with van der Waals surface area (Å²) in [5.41, 5.74) is 0.960. The van der Waals surface area contributed by atoms with Crippen molar-refractivity contribution in [1.82, 2.24) is 0 Å². The first kappa shape index (κ1) is 16.2. The van der Waals surface area contributed by atoms with Crippen molar-refractivity contribution in [3.63, 3.8) is 0 Å². The molecule has 1 aromatic carbocycles. The highest BCUT2D eigenvalue weighted by atomic mass is 16.6. The van der Waals surface area contributed by atoms with E-state index in [0.29, 0.717) is 12.2 Å². The third kappa shape index (κ3) is 2.64. The van der Waals surface area contributed by atoms with E-state index < -0.39 is 4.92 Å². The number of nitrogens with zero attached hydrogens (tertiary/aromatic N) is 3. The van der Waals surface area contributed by atoms with Crippen molar-refractivity contribution in [2.24, 2.45) is 5.41 Å². The first-order chi connectivity index (χ1) is 10.3. The average molecular weight is 303 g/mol. The number of non-ortho nitro benzene ring substituents is 1. The Morgan fingerprint density at radius 2 is 2.23 bits per heavy atom. The SMILES string of the molecule is CCOC1CC(N(C)c2ccc([N+](=O)[O-])cc2C#N)C1(C)C. The fourth-order valence-corrected chi connectivity index (χ4v) is 3.21. The van der Waals surface area contributed by atoms with E-state index in [-0.39, 0.29) is 23.2 Å². The third-order valence-electron chi connectivity index (χ3n) is 4.65. The zero-order valence-corrected chi connectivity index (χ0v) is 13.4. The summed E-state index contributed by atoms with van der Waals surface area (Å²) in [6.45, 7) is 6.97. The second-order valence-electron chi connectivity index (χ2n) is 6.20. The van der Waals surface area contributed by atoms with Gasteiger partial charge in [0.25, 0.3) is 5.69 Å². The Labute approximate surface area is 130 Å². The molecular formula is C16H21N3O3. The Balaban J connectivity index is 2.26. The normalized spacial score (nSPS) is 22.5. The second-order valence-corrected chi connectivity index (χ2v) is 6.20. The van der Waals surface area contributed by atoms with Crippen molar-refractivity contribution in [1.29, 1.82) is 5.26 Å². The highest BCUT2D eigenvalue weighted by molar-refractivity contribution is 5.63. The van der Waals surface area contributed by atoms with Crippen molar-refractivity contribution in [2.75, 3.05) is 18.6 Å². The minimum Gasteiger partial charge on any atom is -0.378 e. The maximum absolute atomic E-state index is 10.8. The van der Waals surface area contributed by atoms with Crippen LogP contribution in [0, 0.1) is 26.9 Å². The number of hydrogen-bond acceptors (Lipinski definition) is 5. The first-order valence-corrected chi connectivity index (χ1v) is 7.35. The van der Waals surface area contributed by atoms with E-state index >= 15 is 0 Å². The molecule has 0 aromatic heterocycles. The molecule has 0 spiro atoms. The van der Waals surface area contributed by atoms with E-state index in [2.05, 4.69) is 19.9 Å². The van der Waals surface area contributed by atoms with Crippen LogP contribution in [-0.2, 0) is 4.74 Å². The van der Waals surface area contributed by atoms with Gasteiger partial charge in [-0.2, -0.15) is 5.26 Å². The molecule has 0 amide bonds. The molecule has 1 aliphatic rings. The molecule has 2 unspecified atom stereocenters. The van der Waals surface area contributed by atoms with E-state index in [1.807, 2.05) is 18.9 Å². The molecule has 0 N–H and O–H groups in total. The molecule has 2 atom stereocenters. The van der Waals surface area contributed by atoms with Gasteiger partial charge in [0.15, 0.2) is 0 Å². The zero-order valence-electron chi connectivity index (χ0n) is 13.4. The number of rotatable bonds is 5. The predicted molar refractivity (Wildman–Crippen MR) is 83.8 cm³/mol. The highest BCUT2D eigenvalue weighted by Gasteiger charge is 2.51. The number of anilines is 1. The number of benzene rings is 1. The number of nitro benzene ring substituents is 1. The van der Waals surface area contributed by atoms with Gasteiger partial charge in [-0.25, -0.2) is 0 Å². The van der Waals surface area contributed by atoms with E-state index in [1.54, 1.807) is 6.07 Å². The van der Waals surface area contributed by atoms with Crippen molar-refractivity contribution in [3.05, 3.63) is 33.9 Å². The molecule has 0 bridgehead atoms. The maximum atomic E-state index is 10.8. The predicted octanol–water partition coefficient (Wildman–Crippen LogP) is 3.11. The van der Waals surface area contributed by atoms with Crippen LogP contribution in [0.1, 0.15) is 32.8 Å². The van der Waals surface area contributed by atoms with Gasteiger partial charge in [-0.1, -0.05) is 13.8 Å². The van der Waals surface area contributed by atoms with Crippen molar-refractivity contribution >= 4 is 11.4 Å². The van der Waals surface area contributed by atoms with E-state index in [0.717, 1.165) is 12.1 Å².